The predicted octanol–water partition coefficient (Wildman–Crippen LogP) is 2.53. The molecule has 0 fully saturated rings. The fourth-order valence-corrected chi connectivity index (χ4v) is 2.79. The molecule has 1 heterocycles. The standard InChI is InChI=1S/C17H14FNO3/c1-10-3-5-12(6-4-10)17(22)16(21)14-8-7-13(18)9-15(14)19(17)11(2)20/h3-9,22H,1-2H3. The Balaban J connectivity index is 2.25. The summed E-state index contributed by atoms with van der Waals surface area (Å²) >= 11 is 0. The largest absolute Gasteiger partial charge is 0.360 e. The van der Waals surface area contributed by atoms with Crippen molar-refractivity contribution < 1.29 is 19.1 Å². The quantitative estimate of drug-likeness (QED) is 0.880. The second kappa shape index (κ2) is 4.74. The van der Waals surface area contributed by atoms with Crippen molar-refractivity contribution in [1.29, 1.82) is 0 Å². The SMILES string of the molecule is CC(=O)N1c2cc(F)ccc2C(=O)C1(O)c1ccc(C)cc1. The normalized spacial score (nSPS) is 20.2. The van der Waals surface area contributed by atoms with E-state index in [1.54, 1.807) is 24.3 Å². The number of carbonyl (C=O) groups excluding carboxylic acids is 2. The molecule has 1 N–H and O–H groups in total. The van der Waals surface area contributed by atoms with Gasteiger partial charge < -0.3 is 5.11 Å². The van der Waals surface area contributed by atoms with Crippen molar-refractivity contribution in [3.8, 4) is 0 Å². The molecule has 1 aliphatic rings. The summed E-state index contributed by atoms with van der Waals surface area (Å²) in [5.74, 6) is -1.76. The van der Waals surface area contributed by atoms with Gasteiger partial charge in [0.05, 0.1) is 5.69 Å². The molecule has 2 aromatic rings. The summed E-state index contributed by atoms with van der Waals surface area (Å²) in [5.41, 5.74) is -0.707. The lowest BCUT2D eigenvalue weighted by molar-refractivity contribution is -0.120. The van der Waals surface area contributed by atoms with Crippen LogP contribution < -0.4 is 4.90 Å². The van der Waals surface area contributed by atoms with Crippen molar-refractivity contribution >= 4 is 17.4 Å². The number of benzene rings is 2. The summed E-state index contributed by atoms with van der Waals surface area (Å²) in [4.78, 5) is 25.6. The molecule has 3 rings (SSSR count). The van der Waals surface area contributed by atoms with Crippen LogP contribution in [0.5, 0.6) is 0 Å². The highest BCUT2D eigenvalue weighted by Crippen LogP contribution is 2.43. The lowest BCUT2D eigenvalue weighted by atomic mass is 9.96. The molecule has 22 heavy (non-hydrogen) atoms. The molecule has 5 heteroatoms. The molecule has 0 aromatic heterocycles. The van der Waals surface area contributed by atoms with E-state index >= 15 is 0 Å². The molecule has 0 saturated heterocycles. The number of aliphatic hydroxyl groups is 1. The van der Waals surface area contributed by atoms with Crippen LogP contribution in [0.15, 0.2) is 42.5 Å². The van der Waals surface area contributed by atoms with E-state index in [1.807, 2.05) is 6.92 Å². The van der Waals surface area contributed by atoms with Crippen LogP contribution in [-0.2, 0) is 10.5 Å². The van der Waals surface area contributed by atoms with E-state index in [1.165, 1.54) is 13.0 Å². The maximum atomic E-state index is 13.5. The number of hydrogen-bond acceptors (Lipinski definition) is 3. The van der Waals surface area contributed by atoms with E-state index in [0.717, 1.165) is 22.6 Å². The van der Waals surface area contributed by atoms with Crippen LogP contribution in [0.3, 0.4) is 0 Å². The lowest BCUT2D eigenvalue weighted by Gasteiger charge is -2.32. The third kappa shape index (κ3) is 1.86. The maximum absolute atomic E-state index is 13.5. The molecule has 0 aliphatic carbocycles. The number of fused-ring (bicyclic) bond motifs is 1. The van der Waals surface area contributed by atoms with E-state index in [9.17, 15) is 19.1 Å². The first kappa shape index (κ1) is 14.4. The highest BCUT2D eigenvalue weighted by molar-refractivity contribution is 6.19. The summed E-state index contributed by atoms with van der Waals surface area (Å²) in [6, 6.07) is 10.2. The second-order valence-corrected chi connectivity index (χ2v) is 5.38. The van der Waals surface area contributed by atoms with Gasteiger partial charge in [-0.1, -0.05) is 29.8 Å². The van der Waals surface area contributed by atoms with Crippen LogP contribution in [-0.4, -0.2) is 16.8 Å². The highest BCUT2D eigenvalue weighted by atomic mass is 19.1. The Morgan fingerprint density at radius 1 is 1.18 bits per heavy atom. The summed E-state index contributed by atoms with van der Waals surface area (Å²) in [7, 11) is 0. The van der Waals surface area contributed by atoms with Gasteiger partial charge >= 0.3 is 0 Å². The topological polar surface area (TPSA) is 57.6 Å². The van der Waals surface area contributed by atoms with E-state index < -0.39 is 23.2 Å². The van der Waals surface area contributed by atoms with Gasteiger partial charge in [-0.05, 0) is 25.1 Å². The van der Waals surface area contributed by atoms with E-state index in [2.05, 4.69) is 0 Å². The van der Waals surface area contributed by atoms with Crippen LogP contribution in [0.1, 0.15) is 28.4 Å². The number of amides is 1. The molecule has 112 valence electrons. The fraction of sp³-hybridized carbons (Fsp3) is 0.176. The zero-order valence-corrected chi connectivity index (χ0v) is 12.1. The Labute approximate surface area is 126 Å². The molecule has 4 nitrogen and oxygen atoms in total. The Kier molecular flexibility index (Phi) is 3.11. The molecule has 1 aliphatic heterocycles. The van der Waals surface area contributed by atoms with Gasteiger partial charge in [0.1, 0.15) is 5.82 Å². The number of halogens is 1. The summed E-state index contributed by atoms with van der Waals surface area (Å²) < 4.78 is 13.5. The van der Waals surface area contributed by atoms with Gasteiger partial charge in [-0.25, -0.2) is 4.39 Å². The molecule has 2 aromatic carbocycles. The van der Waals surface area contributed by atoms with E-state index in [-0.39, 0.29) is 16.8 Å². The van der Waals surface area contributed by atoms with Crippen LogP contribution >= 0.6 is 0 Å². The van der Waals surface area contributed by atoms with Gasteiger partial charge in [-0.2, -0.15) is 0 Å². The third-order valence-corrected chi connectivity index (χ3v) is 3.85. The molecular weight excluding hydrogens is 285 g/mol. The first-order valence-electron chi connectivity index (χ1n) is 6.80. The minimum absolute atomic E-state index is 0.0839. The molecule has 1 amide bonds. The lowest BCUT2D eigenvalue weighted by Crippen LogP contribution is -2.50. The second-order valence-electron chi connectivity index (χ2n) is 5.38. The van der Waals surface area contributed by atoms with Crippen molar-refractivity contribution in [2.45, 2.75) is 19.6 Å². The van der Waals surface area contributed by atoms with Gasteiger partial charge in [0.2, 0.25) is 17.4 Å². The van der Waals surface area contributed by atoms with Crippen LogP contribution in [0.2, 0.25) is 0 Å². The van der Waals surface area contributed by atoms with Crippen molar-refractivity contribution in [3.05, 3.63) is 65.0 Å². The molecule has 0 spiro atoms. The number of ketones is 1. The van der Waals surface area contributed by atoms with Crippen molar-refractivity contribution in [1.82, 2.24) is 0 Å². The number of rotatable bonds is 1. The Morgan fingerprint density at radius 3 is 2.41 bits per heavy atom. The Morgan fingerprint density at radius 2 is 1.82 bits per heavy atom. The monoisotopic (exact) mass is 299 g/mol. The van der Waals surface area contributed by atoms with Gasteiger partial charge in [0.25, 0.3) is 0 Å². The van der Waals surface area contributed by atoms with Gasteiger partial charge in [-0.3, -0.25) is 14.5 Å². The predicted molar refractivity (Wildman–Crippen MR) is 79.0 cm³/mol. The number of hydrogen-bond donors (Lipinski definition) is 1. The molecule has 0 saturated carbocycles. The molecule has 1 unspecified atom stereocenters. The van der Waals surface area contributed by atoms with E-state index in [4.69, 9.17) is 0 Å². The van der Waals surface area contributed by atoms with Gasteiger partial charge in [0.15, 0.2) is 0 Å². The number of anilines is 1. The Hall–Kier alpha value is -2.53. The molecule has 0 radical (unpaired) electrons. The average molecular weight is 299 g/mol. The van der Waals surface area contributed by atoms with Gasteiger partial charge in [0, 0.05) is 18.1 Å². The number of aryl methyl sites for hydroxylation is 1. The van der Waals surface area contributed by atoms with Crippen molar-refractivity contribution in [2.24, 2.45) is 0 Å². The molecular formula is C17H14FNO3. The Bertz CT molecular complexity index is 785. The fourth-order valence-electron chi connectivity index (χ4n) is 2.79. The van der Waals surface area contributed by atoms with E-state index in [0.29, 0.717) is 0 Å². The number of Topliss-reactive ketones (excluding diaryl/α,β-unsaturated/α-hetero) is 1. The van der Waals surface area contributed by atoms with Crippen molar-refractivity contribution in [2.75, 3.05) is 4.90 Å². The summed E-state index contributed by atoms with van der Waals surface area (Å²) in [6.07, 6.45) is 0. The summed E-state index contributed by atoms with van der Waals surface area (Å²) in [6.45, 7) is 3.10. The molecule has 1 atom stereocenters. The zero-order valence-electron chi connectivity index (χ0n) is 12.1. The number of carbonyl (C=O) groups is 2. The van der Waals surface area contributed by atoms with Crippen molar-refractivity contribution in [3.63, 3.8) is 0 Å². The minimum Gasteiger partial charge on any atom is -0.360 e. The molecule has 0 bridgehead atoms. The maximum Gasteiger partial charge on any atom is 0.236 e. The smallest absolute Gasteiger partial charge is 0.236 e. The number of nitrogens with zero attached hydrogens (tertiary/aromatic N) is 1. The third-order valence-electron chi connectivity index (χ3n) is 3.85. The van der Waals surface area contributed by atoms with Crippen LogP contribution in [0.4, 0.5) is 10.1 Å². The zero-order chi connectivity index (χ0) is 16.1. The van der Waals surface area contributed by atoms with Gasteiger partial charge in [-0.15, -0.1) is 0 Å². The van der Waals surface area contributed by atoms with Crippen LogP contribution in [0, 0.1) is 12.7 Å². The highest BCUT2D eigenvalue weighted by Gasteiger charge is 2.53. The first-order valence-corrected chi connectivity index (χ1v) is 6.80. The first-order chi connectivity index (χ1) is 10.4. The summed E-state index contributed by atoms with van der Waals surface area (Å²) in [5, 5.41) is 11.0. The van der Waals surface area contributed by atoms with Crippen LogP contribution in [0.25, 0.3) is 0 Å². The minimum atomic E-state index is -2.14. The average Bonchev–Trinajstić information content (AvgIpc) is 2.68.